The van der Waals surface area contributed by atoms with Crippen molar-refractivity contribution in [2.75, 3.05) is 19.6 Å². The van der Waals surface area contributed by atoms with Crippen LogP contribution in [0.3, 0.4) is 0 Å². The second-order valence-corrected chi connectivity index (χ2v) is 5.11. The van der Waals surface area contributed by atoms with E-state index >= 15 is 0 Å². The van der Waals surface area contributed by atoms with E-state index in [1.165, 1.54) is 5.56 Å². The van der Waals surface area contributed by atoms with Crippen molar-refractivity contribution in [2.45, 2.75) is 32.0 Å². The van der Waals surface area contributed by atoms with Crippen molar-refractivity contribution in [3.05, 3.63) is 35.4 Å². The quantitative estimate of drug-likeness (QED) is 0.783. The standard InChI is InChI=1S/C16H22N2O/c1-2-8-18-9-6-16(7-10-18)17-12-14-4-3-5-15(11-14)13-19/h1,3-5,11,16-17,19H,6-10,12-13H2. The minimum absolute atomic E-state index is 0.109. The van der Waals surface area contributed by atoms with Gasteiger partial charge in [0.25, 0.3) is 0 Å². The van der Waals surface area contributed by atoms with E-state index in [1.54, 1.807) is 0 Å². The van der Waals surface area contributed by atoms with Gasteiger partial charge in [0, 0.05) is 25.7 Å². The Morgan fingerprint density at radius 3 is 2.74 bits per heavy atom. The molecule has 2 rings (SSSR count). The molecule has 3 heteroatoms. The van der Waals surface area contributed by atoms with Crippen molar-refractivity contribution in [2.24, 2.45) is 0 Å². The molecule has 1 aliphatic heterocycles. The van der Waals surface area contributed by atoms with Gasteiger partial charge in [-0.15, -0.1) is 6.42 Å². The summed E-state index contributed by atoms with van der Waals surface area (Å²) in [6.07, 6.45) is 7.64. The van der Waals surface area contributed by atoms with Crippen molar-refractivity contribution in [3.8, 4) is 12.3 Å². The maximum absolute atomic E-state index is 9.12. The fourth-order valence-electron chi connectivity index (χ4n) is 2.52. The lowest BCUT2D eigenvalue weighted by Crippen LogP contribution is -2.42. The first-order chi connectivity index (χ1) is 9.31. The summed E-state index contributed by atoms with van der Waals surface area (Å²) in [6.45, 7) is 3.91. The zero-order chi connectivity index (χ0) is 13.5. The molecular formula is C16H22N2O. The molecule has 0 atom stereocenters. The summed E-state index contributed by atoms with van der Waals surface area (Å²) < 4.78 is 0. The van der Waals surface area contributed by atoms with Gasteiger partial charge < -0.3 is 10.4 Å². The fraction of sp³-hybridized carbons (Fsp3) is 0.500. The molecule has 102 valence electrons. The second-order valence-electron chi connectivity index (χ2n) is 5.11. The first-order valence-electron chi connectivity index (χ1n) is 6.89. The topological polar surface area (TPSA) is 35.5 Å². The van der Waals surface area contributed by atoms with Crippen LogP contribution in [0.2, 0.25) is 0 Å². The Morgan fingerprint density at radius 2 is 2.05 bits per heavy atom. The molecule has 1 saturated heterocycles. The van der Waals surface area contributed by atoms with Gasteiger partial charge in [0.15, 0.2) is 0 Å². The van der Waals surface area contributed by atoms with Crippen molar-refractivity contribution in [1.29, 1.82) is 0 Å². The van der Waals surface area contributed by atoms with Crippen LogP contribution in [0.25, 0.3) is 0 Å². The third kappa shape index (κ3) is 4.36. The molecule has 1 aliphatic rings. The van der Waals surface area contributed by atoms with Gasteiger partial charge in [0.05, 0.1) is 13.2 Å². The lowest BCUT2D eigenvalue weighted by molar-refractivity contribution is 0.217. The molecule has 0 unspecified atom stereocenters. The van der Waals surface area contributed by atoms with Gasteiger partial charge in [-0.2, -0.15) is 0 Å². The molecule has 1 aromatic carbocycles. The van der Waals surface area contributed by atoms with Crippen LogP contribution in [0.1, 0.15) is 24.0 Å². The van der Waals surface area contributed by atoms with Crippen molar-refractivity contribution in [1.82, 2.24) is 10.2 Å². The van der Waals surface area contributed by atoms with Gasteiger partial charge in [0.2, 0.25) is 0 Å². The molecule has 19 heavy (non-hydrogen) atoms. The van der Waals surface area contributed by atoms with Crippen molar-refractivity contribution >= 4 is 0 Å². The molecule has 0 saturated carbocycles. The van der Waals surface area contributed by atoms with Crippen molar-refractivity contribution in [3.63, 3.8) is 0 Å². The van der Waals surface area contributed by atoms with E-state index in [4.69, 9.17) is 11.5 Å². The number of terminal acetylenes is 1. The predicted octanol–water partition coefficient (Wildman–Crippen LogP) is 1.37. The molecule has 0 aromatic heterocycles. The van der Waals surface area contributed by atoms with Crippen LogP contribution in [0.15, 0.2) is 24.3 Å². The van der Waals surface area contributed by atoms with E-state index in [2.05, 4.69) is 28.3 Å². The average molecular weight is 258 g/mol. The van der Waals surface area contributed by atoms with Gasteiger partial charge in [0.1, 0.15) is 0 Å². The highest BCUT2D eigenvalue weighted by Crippen LogP contribution is 2.11. The third-order valence-electron chi connectivity index (χ3n) is 3.67. The van der Waals surface area contributed by atoms with Crippen LogP contribution in [0, 0.1) is 12.3 Å². The molecule has 3 nitrogen and oxygen atoms in total. The molecule has 1 heterocycles. The van der Waals surface area contributed by atoms with Crippen LogP contribution in [-0.4, -0.2) is 35.7 Å². The lowest BCUT2D eigenvalue weighted by atomic mass is 10.0. The molecule has 1 fully saturated rings. The number of nitrogens with one attached hydrogen (secondary N) is 1. The van der Waals surface area contributed by atoms with Gasteiger partial charge in [-0.05, 0) is 24.0 Å². The Bertz CT molecular complexity index is 431. The zero-order valence-corrected chi connectivity index (χ0v) is 11.3. The normalized spacial score (nSPS) is 17.3. The molecule has 0 amide bonds. The Kier molecular flexibility index (Phi) is 5.41. The molecule has 2 N–H and O–H groups in total. The summed E-state index contributed by atoms with van der Waals surface area (Å²) >= 11 is 0. The average Bonchev–Trinajstić information content (AvgIpc) is 2.47. The fourth-order valence-corrected chi connectivity index (χ4v) is 2.52. The van der Waals surface area contributed by atoms with E-state index in [0.29, 0.717) is 6.04 Å². The first kappa shape index (κ1) is 14.1. The van der Waals surface area contributed by atoms with Gasteiger partial charge in [-0.25, -0.2) is 0 Å². The minimum atomic E-state index is 0.109. The van der Waals surface area contributed by atoms with E-state index in [1.807, 2.05) is 12.1 Å². The summed E-state index contributed by atoms with van der Waals surface area (Å²) in [4.78, 5) is 2.32. The monoisotopic (exact) mass is 258 g/mol. The van der Waals surface area contributed by atoms with Crippen LogP contribution in [0.5, 0.6) is 0 Å². The number of rotatable bonds is 5. The minimum Gasteiger partial charge on any atom is -0.392 e. The van der Waals surface area contributed by atoms with E-state index < -0.39 is 0 Å². The third-order valence-corrected chi connectivity index (χ3v) is 3.67. The number of nitrogens with zero attached hydrogens (tertiary/aromatic N) is 1. The number of hydrogen-bond acceptors (Lipinski definition) is 3. The largest absolute Gasteiger partial charge is 0.392 e. The highest BCUT2D eigenvalue weighted by molar-refractivity contribution is 5.22. The predicted molar refractivity (Wildman–Crippen MR) is 77.5 cm³/mol. The summed E-state index contributed by atoms with van der Waals surface area (Å²) in [5.41, 5.74) is 2.21. The number of likely N-dealkylation sites (tertiary alicyclic amines) is 1. The number of aliphatic hydroxyl groups is 1. The number of piperidine rings is 1. The van der Waals surface area contributed by atoms with Crippen LogP contribution >= 0.6 is 0 Å². The summed E-state index contributed by atoms with van der Waals surface area (Å²) in [5.74, 6) is 2.70. The van der Waals surface area contributed by atoms with Crippen LogP contribution < -0.4 is 5.32 Å². The zero-order valence-electron chi connectivity index (χ0n) is 11.3. The SMILES string of the molecule is C#CCN1CCC(NCc2cccc(CO)c2)CC1. The van der Waals surface area contributed by atoms with Gasteiger partial charge in [-0.3, -0.25) is 4.90 Å². The van der Waals surface area contributed by atoms with E-state index in [9.17, 15) is 0 Å². The Morgan fingerprint density at radius 1 is 1.32 bits per heavy atom. The van der Waals surface area contributed by atoms with Gasteiger partial charge >= 0.3 is 0 Å². The molecular weight excluding hydrogens is 236 g/mol. The smallest absolute Gasteiger partial charge is 0.0681 e. The van der Waals surface area contributed by atoms with Crippen LogP contribution in [0.4, 0.5) is 0 Å². The van der Waals surface area contributed by atoms with E-state index in [-0.39, 0.29) is 6.61 Å². The number of aliphatic hydroxyl groups excluding tert-OH is 1. The van der Waals surface area contributed by atoms with Crippen molar-refractivity contribution < 1.29 is 5.11 Å². The van der Waals surface area contributed by atoms with E-state index in [0.717, 1.165) is 44.6 Å². The Balaban J connectivity index is 1.76. The number of hydrogen-bond donors (Lipinski definition) is 2. The molecule has 0 spiro atoms. The number of benzene rings is 1. The molecule has 0 aliphatic carbocycles. The molecule has 0 radical (unpaired) electrons. The highest BCUT2D eigenvalue weighted by Gasteiger charge is 2.17. The first-order valence-corrected chi connectivity index (χ1v) is 6.89. The summed E-state index contributed by atoms with van der Waals surface area (Å²) in [5, 5.41) is 12.7. The van der Waals surface area contributed by atoms with Gasteiger partial charge in [-0.1, -0.05) is 30.2 Å². The maximum atomic E-state index is 9.12. The summed E-state index contributed by atoms with van der Waals surface area (Å²) in [7, 11) is 0. The Hall–Kier alpha value is -1.34. The summed E-state index contributed by atoms with van der Waals surface area (Å²) in [6, 6.07) is 8.67. The Labute approximate surface area is 115 Å². The second kappa shape index (κ2) is 7.30. The maximum Gasteiger partial charge on any atom is 0.0681 e. The lowest BCUT2D eigenvalue weighted by Gasteiger charge is -2.31. The molecule has 0 bridgehead atoms. The molecule has 1 aromatic rings. The van der Waals surface area contributed by atoms with Crippen LogP contribution in [-0.2, 0) is 13.2 Å². The highest BCUT2D eigenvalue weighted by atomic mass is 16.3.